The van der Waals surface area contributed by atoms with E-state index in [1.54, 1.807) is 0 Å². The predicted molar refractivity (Wildman–Crippen MR) is 142 cm³/mol. The van der Waals surface area contributed by atoms with E-state index < -0.39 is 0 Å². The van der Waals surface area contributed by atoms with E-state index in [1.165, 1.54) is 43.8 Å². The fraction of sp³-hybridized carbons (Fsp3) is 0. The quantitative estimate of drug-likeness (QED) is 0.280. The fourth-order valence-electron chi connectivity index (χ4n) is 4.68. The summed E-state index contributed by atoms with van der Waals surface area (Å²) in [5, 5.41) is 8.67. The number of rotatable bonds is 4. The maximum atomic E-state index is 3.58. The Morgan fingerprint density at radius 1 is 0.364 bits per heavy atom. The van der Waals surface area contributed by atoms with Gasteiger partial charge >= 0.3 is 0 Å². The highest BCUT2D eigenvalue weighted by Gasteiger charge is 2.14. The Morgan fingerprint density at radius 3 is 1.79 bits per heavy atom. The van der Waals surface area contributed by atoms with E-state index in [4.69, 9.17) is 0 Å². The highest BCUT2D eigenvalue weighted by molar-refractivity contribution is 6.15. The minimum atomic E-state index is 1.08. The molecule has 0 unspecified atom stereocenters. The van der Waals surface area contributed by atoms with Gasteiger partial charge in [-0.2, -0.15) is 0 Å². The molecule has 1 nitrogen and oxygen atoms in total. The van der Waals surface area contributed by atoms with Gasteiger partial charge in [0.15, 0.2) is 0 Å². The monoisotopic (exact) mass is 421 g/mol. The summed E-state index contributed by atoms with van der Waals surface area (Å²) >= 11 is 0. The van der Waals surface area contributed by atoms with E-state index >= 15 is 0 Å². The molecular formula is C32H23N. The highest BCUT2D eigenvalue weighted by Crippen LogP contribution is 2.41. The van der Waals surface area contributed by atoms with Crippen molar-refractivity contribution in [1.82, 2.24) is 0 Å². The largest absolute Gasteiger partial charge is 0.356 e. The molecule has 0 aliphatic rings. The molecule has 0 saturated carbocycles. The molecule has 0 aromatic heterocycles. The second-order valence-electron chi connectivity index (χ2n) is 8.31. The number of hydrogen-bond donors (Lipinski definition) is 1. The van der Waals surface area contributed by atoms with Crippen molar-refractivity contribution < 1.29 is 0 Å². The van der Waals surface area contributed by atoms with Crippen molar-refractivity contribution in [2.45, 2.75) is 0 Å². The first-order chi connectivity index (χ1) is 16.4. The van der Waals surface area contributed by atoms with E-state index in [9.17, 15) is 0 Å². The van der Waals surface area contributed by atoms with E-state index in [2.05, 4.69) is 133 Å². The van der Waals surface area contributed by atoms with Crippen LogP contribution in [0.1, 0.15) is 0 Å². The van der Waals surface area contributed by atoms with Crippen molar-refractivity contribution in [1.29, 1.82) is 0 Å². The number of fused-ring (bicyclic) bond motifs is 3. The summed E-state index contributed by atoms with van der Waals surface area (Å²) in [5.41, 5.74) is 7.09. The van der Waals surface area contributed by atoms with Crippen molar-refractivity contribution in [2.75, 3.05) is 5.32 Å². The molecule has 6 aromatic rings. The van der Waals surface area contributed by atoms with Crippen molar-refractivity contribution in [2.24, 2.45) is 0 Å². The van der Waals surface area contributed by atoms with Crippen LogP contribution >= 0.6 is 0 Å². The van der Waals surface area contributed by atoms with Gasteiger partial charge in [-0.05, 0) is 74.1 Å². The number of anilines is 2. The smallest absolute Gasteiger partial charge is 0.0390 e. The molecule has 6 rings (SSSR count). The third kappa shape index (κ3) is 3.64. The second-order valence-corrected chi connectivity index (χ2v) is 8.31. The van der Waals surface area contributed by atoms with Gasteiger partial charge in [-0.25, -0.2) is 0 Å². The molecule has 1 N–H and O–H groups in total. The first-order valence-electron chi connectivity index (χ1n) is 11.3. The van der Waals surface area contributed by atoms with E-state index in [-0.39, 0.29) is 0 Å². The van der Waals surface area contributed by atoms with Crippen LogP contribution in [0, 0.1) is 0 Å². The molecular weight excluding hydrogens is 398 g/mol. The molecule has 0 radical (unpaired) electrons. The van der Waals surface area contributed by atoms with Gasteiger partial charge in [-0.1, -0.05) is 103 Å². The van der Waals surface area contributed by atoms with Crippen LogP contribution in [-0.4, -0.2) is 0 Å². The molecule has 6 aromatic carbocycles. The lowest BCUT2D eigenvalue weighted by Gasteiger charge is -2.17. The fourth-order valence-corrected chi connectivity index (χ4v) is 4.68. The Kier molecular flexibility index (Phi) is 4.86. The minimum Gasteiger partial charge on any atom is -0.356 e. The maximum Gasteiger partial charge on any atom is 0.0390 e. The zero-order valence-corrected chi connectivity index (χ0v) is 18.2. The molecule has 0 atom stereocenters. The first kappa shape index (κ1) is 19.3. The van der Waals surface area contributed by atoms with Crippen molar-refractivity contribution >= 4 is 32.9 Å². The lowest BCUT2D eigenvalue weighted by atomic mass is 9.88. The molecule has 33 heavy (non-hydrogen) atoms. The van der Waals surface area contributed by atoms with Crippen LogP contribution in [0.5, 0.6) is 0 Å². The third-order valence-corrected chi connectivity index (χ3v) is 6.23. The Bertz CT molecular complexity index is 1570. The summed E-state index contributed by atoms with van der Waals surface area (Å²) in [7, 11) is 0. The van der Waals surface area contributed by atoms with Gasteiger partial charge in [0.05, 0.1) is 0 Å². The Balaban J connectivity index is 1.63. The Hall–Kier alpha value is -4.36. The van der Waals surface area contributed by atoms with Gasteiger partial charge in [0, 0.05) is 11.4 Å². The van der Waals surface area contributed by atoms with Crippen LogP contribution < -0.4 is 5.32 Å². The number of benzene rings is 6. The van der Waals surface area contributed by atoms with Crippen LogP contribution in [0.15, 0.2) is 133 Å². The third-order valence-electron chi connectivity index (χ3n) is 6.23. The van der Waals surface area contributed by atoms with Crippen LogP contribution in [0.2, 0.25) is 0 Å². The highest BCUT2D eigenvalue weighted by atomic mass is 14.9. The summed E-state index contributed by atoms with van der Waals surface area (Å²) in [6.07, 6.45) is 0. The summed E-state index contributed by atoms with van der Waals surface area (Å²) < 4.78 is 0. The summed E-state index contributed by atoms with van der Waals surface area (Å²) in [6.45, 7) is 0. The summed E-state index contributed by atoms with van der Waals surface area (Å²) in [4.78, 5) is 0. The Labute approximate surface area is 194 Å². The molecule has 0 amide bonds. The molecule has 0 aliphatic heterocycles. The van der Waals surface area contributed by atoms with Gasteiger partial charge in [-0.3, -0.25) is 0 Å². The molecule has 0 fully saturated rings. The zero-order valence-electron chi connectivity index (χ0n) is 18.2. The molecule has 0 aliphatic carbocycles. The van der Waals surface area contributed by atoms with Crippen molar-refractivity contribution in [3.8, 4) is 22.3 Å². The van der Waals surface area contributed by atoms with E-state index in [1.807, 2.05) is 6.07 Å². The summed E-state index contributed by atoms with van der Waals surface area (Å²) in [6, 6.07) is 47.4. The molecule has 0 heterocycles. The molecule has 156 valence electrons. The second kappa shape index (κ2) is 8.29. The average molecular weight is 422 g/mol. The zero-order chi connectivity index (χ0) is 22.0. The Morgan fingerprint density at radius 2 is 1.00 bits per heavy atom. The van der Waals surface area contributed by atoms with Crippen LogP contribution in [0.25, 0.3) is 43.8 Å². The van der Waals surface area contributed by atoms with Gasteiger partial charge in [-0.15, -0.1) is 0 Å². The van der Waals surface area contributed by atoms with Gasteiger partial charge in [0.2, 0.25) is 0 Å². The predicted octanol–water partition coefficient (Wildman–Crippen LogP) is 9.07. The number of hydrogen-bond acceptors (Lipinski definition) is 1. The van der Waals surface area contributed by atoms with Gasteiger partial charge in [0.1, 0.15) is 0 Å². The molecule has 0 spiro atoms. The first-order valence-corrected chi connectivity index (χ1v) is 11.3. The number of nitrogens with one attached hydrogen (secondary N) is 1. The van der Waals surface area contributed by atoms with Crippen molar-refractivity contribution in [3.05, 3.63) is 133 Å². The maximum absolute atomic E-state index is 3.58. The molecule has 1 heteroatoms. The molecule has 0 saturated heterocycles. The number of para-hydroxylation sites is 1. The van der Waals surface area contributed by atoms with E-state index in [0.29, 0.717) is 0 Å². The van der Waals surface area contributed by atoms with Crippen LogP contribution in [0.3, 0.4) is 0 Å². The van der Waals surface area contributed by atoms with Crippen molar-refractivity contribution in [3.63, 3.8) is 0 Å². The average Bonchev–Trinajstić information content (AvgIpc) is 2.89. The topological polar surface area (TPSA) is 12.0 Å². The van der Waals surface area contributed by atoms with Crippen LogP contribution in [-0.2, 0) is 0 Å². The minimum absolute atomic E-state index is 1.08. The summed E-state index contributed by atoms with van der Waals surface area (Å²) in [5.74, 6) is 0. The normalized spacial score (nSPS) is 11.0. The van der Waals surface area contributed by atoms with Crippen LogP contribution in [0.4, 0.5) is 11.4 Å². The lowest BCUT2D eigenvalue weighted by Crippen LogP contribution is -1.93. The molecule has 0 bridgehead atoms. The van der Waals surface area contributed by atoms with Gasteiger partial charge in [0.25, 0.3) is 0 Å². The lowest BCUT2D eigenvalue weighted by molar-refractivity contribution is 1.54. The standard InChI is InChI=1S/C32H23N/c1-3-11-23(12-4-1)28-20-19-26(33-25-14-5-2-6-15-25)22-32(28)31-21-24-13-7-8-16-27(24)29-17-9-10-18-30(29)31/h1-22,33H. The van der Waals surface area contributed by atoms with Gasteiger partial charge < -0.3 is 5.32 Å². The van der Waals surface area contributed by atoms with E-state index in [0.717, 1.165) is 11.4 Å². The SMILES string of the molecule is c1ccc(Nc2ccc(-c3ccccc3)c(-c3cc4ccccc4c4ccccc34)c2)cc1.